The molecule has 0 saturated carbocycles. The maximum atomic E-state index is 13.6. The molecular formula is C14H15Cl2FN2O. The van der Waals surface area contributed by atoms with Gasteiger partial charge < -0.3 is 5.11 Å². The predicted molar refractivity (Wildman–Crippen MR) is 77.6 cm³/mol. The Morgan fingerprint density at radius 1 is 1.35 bits per heavy atom. The Balaban J connectivity index is 2.32. The summed E-state index contributed by atoms with van der Waals surface area (Å²) in [6, 6.07) is 2.48. The lowest BCUT2D eigenvalue weighted by molar-refractivity contribution is 0.0574. The van der Waals surface area contributed by atoms with E-state index in [9.17, 15) is 9.50 Å². The fraction of sp³-hybridized carbons (Fsp3) is 0.357. The van der Waals surface area contributed by atoms with Gasteiger partial charge in [0.2, 0.25) is 0 Å². The van der Waals surface area contributed by atoms with Gasteiger partial charge in [-0.25, -0.2) is 4.39 Å². The maximum absolute atomic E-state index is 13.6. The minimum Gasteiger partial charge on any atom is -0.385 e. The zero-order valence-corrected chi connectivity index (χ0v) is 12.7. The molecule has 2 rings (SSSR count). The van der Waals surface area contributed by atoms with Crippen LogP contribution in [0.4, 0.5) is 4.39 Å². The van der Waals surface area contributed by atoms with Crippen molar-refractivity contribution in [2.45, 2.75) is 32.4 Å². The third-order valence-corrected chi connectivity index (χ3v) is 3.75. The summed E-state index contributed by atoms with van der Waals surface area (Å²) in [5.41, 5.74) is -0.141. The number of aromatic nitrogens is 2. The monoisotopic (exact) mass is 316 g/mol. The van der Waals surface area contributed by atoms with Crippen LogP contribution < -0.4 is 0 Å². The number of aliphatic hydroxyl groups is 1. The van der Waals surface area contributed by atoms with E-state index < -0.39 is 11.4 Å². The molecule has 1 unspecified atom stereocenters. The number of aryl methyl sites for hydroxylation is 1. The quantitative estimate of drug-likeness (QED) is 0.871. The molecule has 0 radical (unpaired) electrons. The molecule has 2 aromatic rings. The standard InChI is InChI=1S/C14H15Cl2FN2O/c1-3-19-8-9(7-18-19)6-14(2,20)10-4-13(17)12(16)5-11(10)15/h4-5,7-8,20H,3,6H2,1-2H3. The topological polar surface area (TPSA) is 38.0 Å². The van der Waals surface area contributed by atoms with E-state index >= 15 is 0 Å². The molecule has 1 aromatic heterocycles. The van der Waals surface area contributed by atoms with Crippen molar-refractivity contribution in [3.05, 3.63) is 51.5 Å². The highest BCUT2D eigenvalue weighted by Gasteiger charge is 2.28. The molecule has 1 aromatic carbocycles. The number of nitrogens with zero attached hydrogens (tertiary/aromatic N) is 2. The van der Waals surface area contributed by atoms with E-state index in [2.05, 4.69) is 5.10 Å². The normalized spacial score (nSPS) is 14.3. The highest BCUT2D eigenvalue weighted by atomic mass is 35.5. The van der Waals surface area contributed by atoms with Crippen molar-refractivity contribution in [3.8, 4) is 0 Å². The van der Waals surface area contributed by atoms with Crippen LogP contribution in [0.1, 0.15) is 25.0 Å². The Morgan fingerprint density at radius 2 is 2.05 bits per heavy atom. The van der Waals surface area contributed by atoms with Crippen molar-refractivity contribution in [2.24, 2.45) is 0 Å². The zero-order chi connectivity index (χ0) is 14.9. The molecule has 0 aliphatic carbocycles. The minimum atomic E-state index is -1.30. The van der Waals surface area contributed by atoms with Crippen molar-refractivity contribution in [2.75, 3.05) is 0 Å². The van der Waals surface area contributed by atoms with Gasteiger partial charge in [0.25, 0.3) is 0 Å². The van der Waals surface area contributed by atoms with Crippen molar-refractivity contribution in [3.63, 3.8) is 0 Å². The summed E-state index contributed by atoms with van der Waals surface area (Å²) < 4.78 is 15.3. The third kappa shape index (κ3) is 3.14. The molecular weight excluding hydrogens is 302 g/mol. The average Bonchev–Trinajstić information content (AvgIpc) is 2.80. The van der Waals surface area contributed by atoms with Gasteiger partial charge in [0.15, 0.2) is 0 Å². The molecule has 1 heterocycles. The van der Waals surface area contributed by atoms with Gasteiger partial charge in [-0.3, -0.25) is 4.68 Å². The molecule has 6 heteroatoms. The lowest BCUT2D eigenvalue weighted by Crippen LogP contribution is -2.25. The predicted octanol–water partition coefficient (Wildman–Crippen LogP) is 3.80. The fourth-order valence-electron chi connectivity index (χ4n) is 2.10. The molecule has 1 N–H and O–H groups in total. The van der Waals surface area contributed by atoms with E-state index in [1.54, 1.807) is 17.8 Å². The summed E-state index contributed by atoms with van der Waals surface area (Å²) >= 11 is 11.7. The highest BCUT2D eigenvalue weighted by Crippen LogP contribution is 2.34. The van der Waals surface area contributed by atoms with Crippen LogP contribution in [0.15, 0.2) is 24.5 Å². The van der Waals surface area contributed by atoms with E-state index in [-0.39, 0.29) is 16.5 Å². The van der Waals surface area contributed by atoms with Gasteiger partial charge in [0, 0.05) is 29.7 Å². The van der Waals surface area contributed by atoms with Gasteiger partial charge in [0.1, 0.15) is 5.82 Å². The second-order valence-corrected chi connectivity index (χ2v) is 5.72. The summed E-state index contributed by atoms with van der Waals surface area (Å²) in [6.45, 7) is 4.31. The number of hydrogen-bond acceptors (Lipinski definition) is 2. The Labute approximate surface area is 126 Å². The number of halogens is 3. The smallest absolute Gasteiger partial charge is 0.142 e. The van der Waals surface area contributed by atoms with Gasteiger partial charge in [-0.1, -0.05) is 23.2 Å². The molecule has 0 amide bonds. The number of rotatable bonds is 4. The number of hydrogen-bond donors (Lipinski definition) is 1. The maximum Gasteiger partial charge on any atom is 0.142 e. The summed E-state index contributed by atoms with van der Waals surface area (Å²) in [4.78, 5) is 0. The van der Waals surface area contributed by atoms with Crippen molar-refractivity contribution >= 4 is 23.2 Å². The second kappa shape index (κ2) is 5.72. The summed E-state index contributed by atoms with van der Waals surface area (Å²) in [7, 11) is 0. The third-order valence-electron chi connectivity index (χ3n) is 3.15. The van der Waals surface area contributed by atoms with E-state index in [4.69, 9.17) is 23.2 Å². The van der Waals surface area contributed by atoms with Crippen molar-refractivity contribution in [1.29, 1.82) is 0 Å². The summed E-state index contributed by atoms with van der Waals surface area (Å²) in [5.74, 6) is -0.601. The summed E-state index contributed by atoms with van der Waals surface area (Å²) in [6.07, 6.45) is 3.81. The van der Waals surface area contributed by atoms with Gasteiger partial charge in [0.05, 0.1) is 16.8 Å². The molecule has 0 bridgehead atoms. The molecule has 0 saturated heterocycles. The highest BCUT2D eigenvalue weighted by molar-refractivity contribution is 6.35. The van der Waals surface area contributed by atoms with Crippen molar-refractivity contribution in [1.82, 2.24) is 9.78 Å². The Kier molecular flexibility index (Phi) is 4.37. The first-order chi connectivity index (χ1) is 9.33. The lowest BCUT2D eigenvalue weighted by Gasteiger charge is -2.24. The van der Waals surface area contributed by atoms with Gasteiger partial charge >= 0.3 is 0 Å². The molecule has 0 aliphatic heterocycles. The van der Waals surface area contributed by atoms with Gasteiger partial charge in [-0.2, -0.15) is 5.10 Å². The Hall–Kier alpha value is -1.10. The van der Waals surface area contributed by atoms with Crippen LogP contribution in [0.25, 0.3) is 0 Å². The zero-order valence-electron chi connectivity index (χ0n) is 11.2. The first kappa shape index (κ1) is 15.3. The van der Waals surface area contributed by atoms with Gasteiger partial charge in [-0.05, 0) is 31.5 Å². The molecule has 0 aliphatic rings. The molecule has 0 fully saturated rings. The van der Waals surface area contributed by atoms with Crippen LogP contribution in [0.5, 0.6) is 0 Å². The summed E-state index contributed by atoms with van der Waals surface area (Å²) in [5, 5.41) is 14.9. The first-order valence-corrected chi connectivity index (χ1v) is 6.98. The SMILES string of the molecule is CCn1cc(CC(C)(O)c2cc(F)c(Cl)cc2Cl)cn1. The van der Waals surface area contributed by atoms with Crippen LogP contribution in [0.3, 0.4) is 0 Å². The Bertz CT molecular complexity index is 626. The van der Waals surface area contributed by atoms with E-state index in [0.717, 1.165) is 12.1 Å². The molecule has 1 atom stereocenters. The van der Waals surface area contributed by atoms with Crippen LogP contribution in [-0.4, -0.2) is 14.9 Å². The first-order valence-electron chi connectivity index (χ1n) is 6.22. The Morgan fingerprint density at radius 3 is 2.65 bits per heavy atom. The van der Waals surface area contributed by atoms with Crippen LogP contribution in [-0.2, 0) is 18.6 Å². The molecule has 20 heavy (non-hydrogen) atoms. The average molecular weight is 317 g/mol. The largest absolute Gasteiger partial charge is 0.385 e. The fourth-order valence-corrected chi connectivity index (χ4v) is 2.69. The van der Waals surface area contributed by atoms with E-state index in [0.29, 0.717) is 5.56 Å². The second-order valence-electron chi connectivity index (χ2n) is 4.90. The lowest BCUT2D eigenvalue weighted by atomic mass is 9.90. The van der Waals surface area contributed by atoms with E-state index in [1.165, 1.54) is 12.1 Å². The van der Waals surface area contributed by atoms with Crippen molar-refractivity contribution < 1.29 is 9.50 Å². The number of benzene rings is 1. The van der Waals surface area contributed by atoms with Crippen LogP contribution in [0, 0.1) is 5.82 Å². The van der Waals surface area contributed by atoms with Gasteiger partial charge in [-0.15, -0.1) is 0 Å². The molecule has 108 valence electrons. The molecule has 0 spiro atoms. The molecule has 3 nitrogen and oxygen atoms in total. The van der Waals surface area contributed by atoms with Crippen LogP contribution in [0.2, 0.25) is 10.0 Å². The van der Waals surface area contributed by atoms with Crippen LogP contribution >= 0.6 is 23.2 Å². The minimum absolute atomic E-state index is 0.0617. The van der Waals surface area contributed by atoms with E-state index in [1.807, 2.05) is 13.1 Å².